The maximum atomic E-state index is 13.7. The smallest absolute Gasteiger partial charge is 0.267 e. The summed E-state index contributed by atoms with van der Waals surface area (Å²) in [5, 5.41) is 0. The van der Waals surface area contributed by atoms with Crippen LogP contribution in [0.15, 0.2) is 72.8 Å². The highest BCUT2D eigenvalue weighted by Gasteiger charge is 2.39. The van der Waals surface area contributed by atoms with Gasteiger partial charge in [-0.15, -0.1) is 0 Å². The summed E-state index contributed by atoms with van der Waals surface area (Å²) < 4.78 is 19.8. The van der Waals surface area contributed by atoms with E-state index in [2.05, 4.69) is 0 Å². The Labute approximate surface area is 205 Å². The van der Waals surface area contributed by atoms with Crippen molar-refractivity contribution in [3.8, 4) is 5.75 Å². The average molecular weight is 473 g/mol. The first kappa shape index (κ1) is 23.1. The Morgan fingerprint density at radius 1 is 1.03 bits per heavy atom. The van der Waals surface area contributed by atoms with Crippen molar-refractivity contribution in [2.24, 2.45) is 5.92 Å². The number of rotatable bonds is 6. The van der Waals surface area contributed by atoms with Crippen LogP contribution in [0.3, 0.4) is 0 Å². The Kier molecular flexibility index (Phi) is 6.29. The molecule has 3 aromatic rings. The van der Waals surface area contributed by atoms with Gasteiger partial charge in [0.2, 0.25) is 5.91 Å². The first-order valence-corrected chi connectivity index (χ1v) is 12.1. The van der Waals surface area contributed by atoms with Gasteiger partial charge in [0.1, 0.15) is 11.6 Å². The molecule has 5 nitrogen and oxygen atoms in total. The number of carbonyl (C=O) groups excluding carboxylic acids is 2. The fourth-order valence-corrected chi connectivity index (χ4v) is 4.78. The molecule has 35 heavy (non-hydrogen) atoms. The Morgan fingerprint density at radius 2 is 1.74 bits per heavy atom. The zero-order valence-electron chi connectivity index (χ0n) is 20.0. The van der Waals surface area contributed by atoms with Crippen LogP contribution in [0, 0.1) is 11.7 Å². The topological polar surface area (TPSA) is 49.9 Å². The lowest BCUT2D eigenvalue weighted by molar-refractivity contribution is -0.134. The van der Waals surface area contributed by atoms with Gasteiger partial charge in [0.05, 0.1) is 6.04 Å². The van der Waals surface area contributed by atoms with Crippen LogP contribution in [-0.2, 0) is 16.0 Å². The molecule has 0 saturated heterocycles. The zero-order chi connectivity index (χ0) is 24.5. The van der Waals surface area contributed by atoms with Gasteiger partial charge in [-0.05, 0) is 79.3 Å². The summed E-state index contributed by atoms with van der Waals surface area (Å²) in [6, 6.07) is 21.3. The van der Waals surface area contributed by atoms with E-state index in [-0.39, 0.29) is 29.6 Å². The predicted molar refractivity (Wildman–Crippen MR) is 133 cm³/mol. The summed E-state index contributed by atoms with van der Waals surface area (Å²) >= 11 is 0. The van der Waals surface area contributed by atoms with Crippen LogP contribution in [0.5, 0.6) is 5.75 Å². The highest BCUT2D eigenvalue weighted by atomic mass is 19.1. The van der Waals surface area contributed by atoms with Crippen molar-refractivity contribution in [3.05, 3.63) is 95.3 Å². The molecule has 2 unspecified atom stereocenters. The SMILES string of the molecule is CC(Oc1ccc2c(c1)C(c1ccc(F)cc1)N(C(=O)C1CC1)CC2)C(=O)N(C)c1ccccc1. The summed E-state index contributed by atoms with van der Waals surface area (Å²) in [5.41, 5.74) is 3.76. The second-order valence-corrected chi connectivity index (χ2v) is 9.36. The lowest BCUT2D eigenvalue weighted by Gasteiger charge is -2.38. The Bertz CT molecular complexity index is 1220. The minimum atomic E-state index is -0.699. The average Bonchev–Trinajstić information content (AvgIpc) is 3.73. The normalized spacial score (nSPS) is 17.9. The number of halogens is 1. The summed E-state index contributed by atoms with van der Waals surface area (Å²) in [7, 11) is 1.73. The van der Waals surface area contributed by atoms with Crippen molar-refractivity contribution in [1.82, 2.24) is 4.90 Å². The van der Waals surface area contributed by atoms with Gasteiger partial charge in [0, 0.05) is 25.2 Å². The van der Waals surface area contributed by atoms with Gasteiger partial charge in [0.15, 0.2) is 6.10 Å². The van der Waals surface area contributed by atoms with E-state index in [0.29, 0.717) is 12.3 Å². The van der Waals surface area contributed by atoms with Crippen LogP contribution >= 0.6 is 0 Å². The number of hydrogen-bond donors (Lipinski definition) is 0. The molecular formula is C29H29FN2O3. The molecule has 0 N–H and O–H groups in total. The highest BCUT2D eigenvalue weighted by Crippen LogP contribution is 2.41. The van der Waals surface area contributed by atoms with E-state index in [0.717, 1.165) is 41.6 Å². The number of anilines is 1. The van der Waals surface area contributed by atoms with Crippen LogP contribution < -0.4 is 9.64 Å². The molecule has 1 fully saturated rings. The minimum Gasteiger partial charge on any atom is -0.481 e. The number of fused-ring (bicyclic) bond motifs is 1. The summed E-state index contributed by atoms with van der Waals surface area (Å²) in [4.78, 5) is 29.7. The first-order valence-electron chi connectivity index (χ1n) is 12.1. The Hall–Kier alpha value is -3.67. The molecule has 1 aliphatic carbocycles. The van der Waals surface area contributed by atoms with Crippen molar-refractivity contribution in [3.63, 3.8) is 0 Å². The maximum absolute atomic E-state index is 13.7. The molecule has 2 atom stereocenters. The maximum Gasteiger partial charge on any atom is 0.267 e. The molecule has 1 aliphatic heterocycles. The van der Waals surface area contributed by atoms with Crippen molar-refractivity contribution >= 4 is 17.5 Å². The van der Waals surface area contributed by atoms with E-state index in [1.807, 2.05) is 53.4 Å². The number of carbonyl (C=O) groups is 2. The lowest BCUT2D eigenvalue weighted by Crippen LogP contribution is -2.41. The van der Waals surface area contributed by atoms with E-state index in [4.69, 9.17) is 4.74 Å². The predicted octanol–water partition coefficient (Wildman–Crippen LogP) is 5.14. The largest absolute Gasteiger partial charge is 0.481 e. The van der Waals surface area contributed by atoms with E-state index in [9.17, 15) is 14.0 Å². The van der Waals surface area contributed by atoms with E-state index >= 15 is 0 Å². The number of benzene rings is 3. The van der Waals surface area contributed by atoms with E-state index in [1.165, 1.54) is 12.1 Å². The minimum absolute atomic E-state index is 0.0881. The molecule has 0 radical (unpaired) electrons. The summed E-state index contributed by atoms with van der Waals surface area (Å²) in [5.74, 6) is 0.347. The summed E-state index contributed by atoms with van der Waals surface area (Å²) in [6.07, 6.45) is 1.90. The van der Waals surface area contributed by atoms with Gasteiger partial charge in [0.25, 0.3) is 5.91 Å². The molecular weight excluding hydrogens is 443 g/mol. The van der Waals surface area contributed by atoms with Crippen molar-refractivity contribution in [1.29, 1.82) is 0 Å². The van der Waals surface area contributed by atoms with Crippen molar-refractivity contribution in [2.75, 3.05) is 18.5 Å². The number of hydrogen-bond acceptors (Lipinski definition) is 3. The lowest BCUT2D eigenvalue weighted by atomic mass is 9.87. The second-order valence-electron chi connectivity index (χ2n) is 9.36. The van der Waals surface area contributed by atoms with Gasteiger partial charge in [-0.2, -0.15) is 0 Å². The third-order valence-corrected chi connectivity index (χ3v) is 6.88. The van der Waals surface area contributed by atoms with Crippen molar-refractivity contribution < 1.29 is 18.7 Å². The van der Waals surface area contributed by atoms with Gasteiger partial charge < -0.3 is 14.5 Å². The molecule has 5 rings (SSSR count). The zero-order valence-corrected chi connectivity index (χ0v) is 20.0. The van der Waals surface area contributed by atoms with E-state index in [1.54, 1.807) is 31.0 Å². The van der Waals surface area contributed by atoms with Crippen LogP contribution in [-0.4, -0.2) is 36.4 Å². The molecule has 3 aromatic carbocycles. The van der Waals surface area contributed by atoms with Crippen LogP contribution in [0.1, 0.15) is 42.5 Å². The standard InChI is InChI=1S/C29H29FN2O3/c1-19(28(33)31(2)24-6-4-3-5-7-24)35-25-15-12-20-16-17-32(29(34)22-8-9-22)27(26(20)18-25)21-10-13-23(30)14-11-21/h3-7,10-15,18-19,22,27H,8-9,16-17H2,1-2H3. The summed E-state index contributed by atoms with van der Waals surface area (Å²) in [6.45, 7) is 2.36. The molecule has 1 saturated carbocycles. The molecule has 2 amide bonds. The van der Waals surface area contributed by atoms with Gasteiger partial charge >= 0.3 is 0 Å². The molecule has 6 heteroatoms. The fraction of sp³-hybridized carbons (Fsp3) is 0.310. The second kappa shape index (κ2) is 9.53. The quantitative estimate of drug-likeness (QED) is 0.499. The van der Waals surface area contributed by atoms with Gasteiger partial charge in [-0.1, -0.05) is 36.4 Å². The van der Waals surface area contributed by atoms with Crippen LogP contribution in [0.2, 0.25) is 0 Å². The number of nitrogens with zero attached hydrogens (tertiary/aromatic N) is 2. The molecule has 0 spiro atoms. The van der Waals surface area contributed by atoms with Gasteiger partial charge in [-0.3, -0.25) is 9.59 Å². The number of para-hydroxylation sites is 1. The highest BCUT2D eigenvalue weighted by molar-refractivity contribution is 5.96. The fourth-order valence-electron chi connectivity index (χ4n) is 4.78. The Balaban J connectivity index is 1.43. The number of amides is 2. The monoisotopic (exact) mass is 472 g/mol. The Morgan fingerprint density at radius 3 is 2.43 bits per heavy atom. The third kappa shape index (κ3) is 4.78. The molecule has 0 bridgehead atoms. The molecule has 0 aromatic heterocycles. The first-order chi connectivity index (χ1) is 16.9. The molecule has 180 valence electrons. The van der Waals surface area contributed by atoms with E-state index < -0.39 is 6.10 Å². The van der Waals surface area contributed by atoms with Crippen molar-refractivity contribution in [2.45, 2.75) is 38.3 Å². The molecule has 1 heterocycles. The van der Waals surface area contributed by atoms with Crippen LogP contribution in [0.25, 0.3) is 0 Å². The third-order valence-electron chi connectivity index (χ3n) is 6.88. The molecule has 2 aliphatic rings. The number of likely N-dealkylation sites (N-methyl/N-ethyl adjacent to an activating group) is 1. The van der Waals surface area contributed by atoms with Gasteiger partial charge in [-0.25, -0.2) is 4.39 Å². The van der Waals surface area contributed by atoms with Crippen LogP contribution in [0.4, 0.5) is 10.1 Å². The number of ether oxygens (including phenoxy) is 1.